The van der Waals surface area contributed by atoms with Crippen LogP contribution < -0.4 is 5.32 Å². The van der Waals surface area contributed by atoms with E-state index in [0.29, 0.717) is 5.56 Å². The topological polar surface area (TPSA) is 96.0 Å². The zero-order valence-electron chi connectivity index (χ0n) is 10.2. The number of carbonyl (C=O) groups is 1. The first-order valence-corrected chi connectivity index (χ1v) is 6.43. The van der Waals surface area contributed by atoms with E-state index in [1.807, 2.05) is 6.07 Å². The number of hydrogen-bond donors (Lipinski definition) is 1. The summed E-state index contributed by atoms with van der Waals surface area (Å²) in [5, 5.41) is 21.9. The van der Waals surface area contributed by atoms with E-state index in [9.17, 15) is 14.9 Å². The zero-order chi connectivity index (χ0) is 14.5. The molecule has 0 aliphatic heterocycles. The fourth-order valence-corrected chi connectivity index (χ4v) is 2.31. The maximum absolute atomic E-state index is 11.8. The second kappa shape index (κ2) is 5.95. The van der Waals surface area contributed by atoms with Crippen molar-refractivity contribution in [3.05, 3.63) is 62.5 Å². The number of carbonyl (C=O) groups excluding carboxylic acids is 1. The van der Waals surface area contributed by atoms with Crippen LogP contribution in [0.1, 0.15) is 20.8 Å². The van der Waals surface area contributed by atoms with E-state index in [-0.39, 0.29) is 22.3 Å². The van der Waals surface area contributed by atoms with Crippen molar-refractivity contribution >= 4 is 22.2 Å². The van der Waals surface area contributed by atoms with Crippen LogP contribution in [0.5, 0.6) is 0 Å². The molecule has 100 valence electrons. The van der Waals surface area contributed by atoms with Crippen LogP contribution in [0.2, 0.25) is 0 Å². The highest BCUT2D eigenvalue weighted by Crippen LogP contribution is 2.23. The molecule has 1 aromatic heterocycles. The van der Waals surface area contributed by atoms with Crippen LogP contribution in [0.3, 0.4) is 0 Å². The van der Waals surface area contributed by atoms with Crippen LogP contribution in [0.4, 0.5) is 5.00 Å². The lowest BCUT2D eigenvalue weighted by molar-refractivity contribution is -0.380. The van der Waals surface area contributed by atoms with Gasteiger partial charge in [0.25, 0.3) is 5.91 Å². The van der Waals surface area contributed by atoms with Gasteiger partial charge in [-0.2, -0.15) is 5.26 Å². The second-order valence-corrected chi connectivity index (χ2v) is 4.95. The van der Waals surface area contributed by atoms with Gasteiger partial charge in [-0.1, -0.05) is 23.5 Å². The number of nitrogens with one attached hydrogen (secondary N) is 1. The van der Waals surface area contributed by atoms with Crippen molar-refractivity contribution < 1.29 is 9.72 Å². The molecule has 0 fully saturated rings. The Balaban J connectivity index is 2.01. The Morgan fingerprint density at radius 1 is 1.40 bits per heavy atom. The van der Waals surface area contributed by atoms with Gasteiger partial charge < -0.3 is 5.32 Å². The Morgan fingerprint density at radius 2 is 2.20 bits per heavy atom. The predicted molar refractivity (Wildman–Crippen MR) is 73.3 cm³/mol. The molecule has 20 heavy (non-hydrogen) atoms. The molecule has 0 aliphatic carbocycles. The largest absolute Gasteiger partial charge is 0.347 e. The Labute approximate surface area is 118 Å². The summed E-state index contributed by atoms with van der Waals surface area (Å²) in [4.78, 5) is 22.1. The van der Waals surface area contributed by atoms with E-state index >= 15 is 0 Å². The molecule has 7 heteroatoms. The minimum Gasteiger partial charge on any atom is -0.347 e. The number of nitriles is 1. The van der Waals surface area contributed by atoms with Crippen LogP contribution in [-0.2, 0) is 6.54 Å². The minimum atomic E-state index is -0.530. The lowest BCUT2D eigenvalue weighted by Crippen LogP contribution is -2.21. The molecule has 0 radical (unpaired) electrons. The van der Waals surface area contributed by atoms with Gasteiger partial charge in [0.2, 0.25) is 0 Å². The summed E-state index contributed by atoms with van der Waals surface area (Å²) in [5.41, 5.74) is 1.31. The van der Waals surface area contributed by atoms with Crippen LogP contribution in [-0.4, -0.2) is 10.8 Å². The molecule has 6 nitrogen and oxygen atoms in total. The molecule has 0 bridgehead atoms. The van der Waals surface area contributed by atoms with E-state index in [1.54, 1.807) is 24.3 Å². The summed E-state index contributed by atoms with van der Waals surface area (Å²) in [7, 11) is 0. The Bertz CT molecular complexity index is 703. The fourth-order valence-electron chi connectivity index (χ4n) is 1.57. The number of amides is 1. The van der Waals surface area contributed by atoms with Crippen molar-refractivity contribution in [2.75, 3.05) is 0 Å². The molecule has 1 heterocycles. The van der Waals surface area contributed by atoms with Crippen LogP contribution >= 0.6 is 11.3 Å². The first kappa shape index (κ1) is 13.7. The zero-order valence-corrected chi connectivity index (χ0v) is 11.0. The van der Waals surface area contributed by atoms with Crippen molar-refractivity contribution in [1.29, 1.82) is 5.26 Å². The van der Waals surface area contributed by atoms with Crippen molar-refractivity contribution in [2.24, 2.45) is 0 Å². The second-order valence-electron chi connectivity index (χ2n) is 3.89. The maximum Gasteiger partial charge on any atom is 0.324 e. The summed E-state index contributed by atoms with van der Waals surface area (Å²) in [6, 6.07) is 11.6. The van der Waals surface area contributed by atoms with Crippen molar-refractivity contribution in [1.82, 2.24) is 5.32 Å². The first-order valence-electron chi connectivity index (χ1n) is 5.61. The number of thiophene rings is 1. The molecular formula is C13H9N3O3S. The van der Waals surface area contributed by atoms with Crippen LogP contribution in [0.25, 0.3) is 0 Å². The van der Waals surface area contributed by atoms with Gasteiger partial charge >= 0.3 is 5.00 Å². The minimum absolute atomic E-state index is 0.0679. The van der Waals surface area contributed by atoms with Gasteiger partial charge in [-0.05, 0) is 23.8 Å². The molecule has 0 unspecified atom stereocenters. The number of nitrogens with zero attached hydrogens (tertiary/aromatic N) is 2. The van der Waals surface area contributed by atoms with Gasteiger partial charge in [-0.15, -0.1) is 0 Å². The van der Waals surface area contributed by atoms with Crippen LogP contribution in [0.15, 0.2) is 36.4 Å². The predicted octanol–water partition coefficient (Wildman–Crippen LogP) is 2.46. The van der Waals surface area contributed by atoms with Gasteiger partial charge in [0, 0.05) is 12.6 Å². The third-order valence-corrected chi connectivity index (χ3v) is 3.54. The number of benzene rings is 1. The highest BCUT2D eigenvalue weighted by Gasteiger charge is 2.14. The standard InChI is InChI=1S/C13H9N3O3S/c14-7-9-2-1-3-10(6-9)8-15-13(17)11-4-5-12(20-11)16(18)19/h1-6H,8H2,(H,15,17). The Morgan fingerprint density at radius 3 is 2.85 bits per heavy atom. The molecule has 0 atom stereocenters. The summed E-state index contributed by atoms with van der Waals surface area (Å²) in [5.74, 6) is -0.370. The molecule has 2 aromatic rings. The van der Waals surface area contributed by atoms with Gasteiger partial charge in [0.15, 0.2) is 0 Å². The number of rotatable bonds is 4. The first-order chi connectivity index (χ1) is 9.60. The molecule has 0 spiro atoms. The third-order valence-electron chi connectivity index (χ3n) is 2.50. The average molecular weight is 287 g/mol. The quantitative estimate of drug-likeness (QED) is 0.690. The molecule has 2 rings (SSSR count). The molecule has 1 aromatic carbocycles. The van der Waals surface area contributed by atoms with E-state index in [2.05, 4.69) is 5.32 Å². The summed E-state index contributed by atoms with van der Waals surface area (Å²) < 4.78 is 0. The van der Waals surface area contributed by atoms with Gasteiger partial charge in [-0.3, -0.25) is 14.9 Å². The molecule has 0 saturated carbocycles. The number of hydrogen-bond acceptors (Lipinski definition) is 5. The fraction of sp³-hybridized carbons (Fsp3) is 0.0769. The highest BCUT2D eigenvalue weighted by molar-refractivity contribution is 7.17. The van der Waals surface area contributed by atoms with Crippen molar-refractivity contribution in [3.8, 4) is 6.07 Å². The van der Waals surface area contributed by atoms with E-state index < -0.39 is 4.92 Å². The monoisotopic (exact) mass is 287 g/mol. The molecular weight excluding hydrogens is 278 g/mol. The van der Waals surface area contributed by atoms with Gasteiger partial charge in [0.1, 0.15) is 0 Å². The summed E-state index contributed by atoms with van der Waals surface area (Å²) in [6.45, 7) is 0.264. The SMILES string of the molecule is N#Cc1cccc(CNC(=O)c2ccc([N+](=O)[O-])s2)c1. The highest BCUT2D eigenvalue weighted by atomic mass is 32.1. The van der Waals surface area contributed by atoms with Crippen LogP contribution in [0, 0.1) is 21.4 Å². The van der Waals surface area contributed by atoms with E-state index in [1.165, 1.54) is 12.1 Å². The molecule has 0 aliphatic rings. The lowest BCUT2D eigenvalue weighted by atomic mass is 10.1. The summed E-state index contributed by atoms with van der Waals surface area (Å²) in [6.07, 6.45) is 0. The third kappa shape index (κ3) is 3.18. The lowest BCUT2D eigenvalue weighted by Gasteiger charge is -2.03. The smallest absolute Gasteiger partial charge is 0.324 e. The molecule has 1 amide bonds. The molecule has 1 N–H and O–H groups in total. The van der Waals surface area contributed by atoms with Crippen molar-refractivity contribution in [2.45, 2.75) is 6.54 Å². The maximum atomic E-state index is 11.8. The average Bonchev–Trinajstić information content (AvgIpc) is 2.95. The van der Waals surface area contributed by atoms with E-state index in [4.69, 9.17) is 5.26 Å². The number of nitro groups is 1. The van der Waals surface area contributed by atoms with Gasteiger partial charge in [0.05, 0.1) is 21.4 Å². The van der Waals surface area contributed by atoms with Gasteiger partial charge in [-0.25, -0.2) is 0 Å². The summed E-state index contributed by atoms with van der Waals surface area (Å²) >= 11 is 0.828. The normalized spacial score (nSPS) is 9.75. The Kier molecular flexibility index (Phi) is 4.08. The Hall–Kier alpha value is -2.72. The van der Waals surface area contributed by atoms with E-state index in [0.717, 1.165) is 16.9 Å². The van der Waals surface area contributed by atoms with Crippen molar-refractivity contribution in [3.63, 3.8) is 0 Å². The molecule has 0 saturated heterocycles.